The van der Waals surface area contributed by atoms with Gasteiger partial charge in [-0.25, -0.2) is 0 Å². The molecule has 1 fully saturated rings. The van der Waals surface area contributed by atoms with Gasteiger partial charge in [-0.2, -0.15) is 0 Å². The number of guanidine groups is 1. The molecule has 0 saturated heterocycles. The van der Waals surface area contributed by atoms with Crippen molar-refractivity contribution in [2.24, 2.45) is 10.7 Å². The zero-order valence-corrected chi connectivity index (χ0v) is 18.1. The number of anilines is 1. The summed E-state index contributed by atoms with van der Waals surface area (Å²) >= 11 is 0. The van der Waals surface area contributed by atoms with Crippen molar-refractivity contribution in [2.45, 2.75) is 45.6 Å². The van der Waals surface area contributed by atoms with Crippen molar-refractivity contribution in [3.63, 3.8) is 0 Å². The smallest absolute Gasteiger partial charge is 0.193 e. The van der Waals surface area contributed by atoms with Gasteiger partial charge in [-0.1, -0.05) is 32.0 Å². The SMILES string of the molecule is CCc1cccc(CC)c1NC(N)=NCCN(CCOC)C1CC1.I. The van der Waals surface area contributed by atoms with Gasteiger partial charge in [0, 0.05) is 31.9 Å². The first-order chi connectivity index (χ1) is 11.7. The minimum Gasteiger partial charge on any atom is -0.383 e. The number of rotatable bonds is 10. The Morgan fingerprint density at radius 3 is 2.40 bits per heavy atom. The van der Waals surface area contributed by atoms with Crippen LogP contribution >= 0.6 is 24.0 Å². The maximum absolute atomic E-state index is 6.13. The molecule has 5 nitrogen and oxygen atoms in total. The predicted octanol–water partition coefficient (Wildman–Crippen LogP) is 3.27. The maximum Gasteiger partial charge on any atom is 0.193 e. The van der Waals surface area contributed by atoms with Gasteiger partial charge >= 0.3 is 0 Å². The number of halogens is 1. The van der Waals surface area contributed by atoms with Gasteiger partial charge in [0.2, 0.25) is 0 Å². The Bertz CT molecular complexity index is 524. The number of aryl methyl sites for hydroxylation is 2. The van der Waals surface area contributed by atoms with Crippen molar-refractivity contribution in [2.75, 3.05) is 38.7 Å². The first kappa shape index (κ1) is 22.2. The molecule has 1 aliphatic carbocycles. The second-order valence-electron chi connectivity index (χ2n) is 6.31. The van der Waals surface area contributed by atoms with Crippen molar-refractivity contribution in [3.8, 4) is 0 Å². The highest BCUT2D eigenvalue weighted by atomic mass is 127. The quantitative estimate of drug-likeness (QED) is 0.320. The van der Waals surface area contributed by atoms with E-state index in [4.69, 9.17) is 10.5 Å². The van der Waals surface area contributed by atoms with Crippen molar-refractivity contribution in [3.05, 3.63) is 29.3 Å². The molecule has 0 atom stereocenters. The number of hydrogen-bond donors (Lipinski definition) is 2. The molecule has 2 rings (SSSR count). The summed E-state index contributed by atoms with van der Waals surface area (Å²) in [6, 6.07) is 7.12. The van der Waals surface area contributed by atoms with Crippen molar-refractivity contribution in [1.82, 2.24) is 4.90 Å². The molecule has 0 unspecified atom stereocenters. The van der Waals surface area contributed by atoms with Crippen molar-refractivity contribution >= 4 is 35.6 Å². The normalized spacial score (nSPS) is 14.5. The van der Waals surface area contributed by atoms with Crippen LogP contribution in [-0.2, 0) is 17.6 Å². The zero-order chi connectivity index (χ0) is 17.4. The third kappa shape index (κ3) is 7.11. The summed E-state index contributed by atoms with van der Waals surface area (Å²) in [6.07, 6.45) is 4.56. The molecule has 1 aliphatic rings. The van der Waals surface area contributed by atoms with E-state index in [-0.39, 0.29) is 24.0 Å². The standard InChI is InChI=1S/C19H32N4O.HI/c1-4-15-7-6-8-16(5-2)18(15)22-19(20)21-11-12-23(13-14-24-3)17-9-10-17;/h6-8,17H,4-5,9-14H2,1-3H3,(H3,20,21,22);1H. The van der Waals surface area contributed by atoms with Crippen LogP contribution in [-0.4, -0.2) is 50.3 Å². The van der Waals surface area contributed by atoms with Gasteiger partial charge in [0.15, 0.2) is 5.96 Å². The lowest BCUT2D eigenvalue weighted by atomic mass is 10.0. The van der Waals surface area contributed by atoms with E-state index in [0.717, 1.165) is 50.8 Å². The first-order valence-electron chi connectivity index (χ1n) is 9.10. The summed E-state index contributed by atoms with van der Waals surface area (Å²) in [6.45, 7) is 7.73. The number of nitrogens with one attached hydrogen (secondary N) is 1. The first-order valence-corrected chi connectivity index (χ1v) is 9.10. The van der Waals surface area contributed by atoms with E-state index in [9.17, 15) is 0 Å². The molecule has 0 amide bonds. The largest absolute Gasteiger partial charge is 0.383 e. The molecular formula is C19H33IN4O. The lowest BCUT2D eigenvalue weighted by molar-refractivity contribution is 0.145. The number of nitrogens with two attached hydrogens (primary N) is 1. The number of aliphatic imine (C=N–C) groups is 1. The second-order valence-corrected chi connectivity index (χ2v) is 6.31. The van der Waals surface area contributed by atoms with Gasteiger partial charge in [-0.3, -0.25) is 9.89 Å². The van der Waals surface area contributed by atoms with Crippen LogP contribution in [0.3, 0.4) is 0 Å². The van der Waals surface area contributed by atoms with E-state index in [0.29, 0.717) is 5.96 Å². The van der Waals surface area contributed by atoms with E-state index >= 15 is 0 Å². The lowest BCUT2D eigenvalue weighted by Gasteiger charge is -2.20. The average Bonchev–Trinajstić information content (AvgIpc) is 3.43. The van der Waals surface area contributed by atoms with Crippen LogP contribution in [0, 0.1) is 0 Å². The highest BCUT2D eigenvalue weighted by Gasteiger charge is 2.28. The molecule has 142 valence electrons. The molecule has 1 aromatic rings. The van der Waals surface area contributed by atoms with Crippen LogP contribution < -0.4 is 11.1 Å². The van der Waals surface area contributed by atoms with E-state index in [1.54, 1.807) is 7.11 Å². The van der Waals surface area contributed by atoms with E-state index < -0.39 is 0 Å². The molecule has 1 saturated carbocycles. The molecule has 0 radical (unpaired) electrons. The Hall–Kier alpha value is -0.860. The van der Waals surface area contributed by atoms with E-state index in [2.05, 4.69) is 47.3 Å². The molecular weight excluding hydrogens is 427 g/mol. The summed E-state index contributed by atoms with van der Waals surface area (Å²) in [5.74, 6) is 0.507. The maximum atomic E-state index is 6.13. The predicted molar refractivity (Wildman–Crippen MR) is 117 cm³/mol. The highest BCUT2D eigenvalue weighted by molar-refractivity contribution is 14.0. The third-order valence-corrected chi connectivity index (χ3v) is 4.57. The zero-order valence-electron chi connectivity index (χ0n) is 15.8. The van der Waals surface area contributed by atoms with Gasteiger partial charge in [0.05, 0.1) is 13.2 Å². The van der Waals surface area contributed by atoms with Crippen LogP contribution in [0.25, 0.3) is 0 Å². The number of benzene rings is 1. The Morgan fingerprint density at radius 2 is 1.88 bits per heavy atom. The van der Waals surface area contributed by atoms with Crippen molar-refractivity contribution in [1.29, 1.82) is 0 Å². The Balaban J connectivity index is 0.00000312. The Labute approximate surface area is 169 Å². The molecule has 1 aromatic carbocycles. The number of ether oxygens (including phenoxy) is 1. The van der Waals surface area contributed by atoms with Crippen LogP contribution in [0.15, 0.2) is 23.2 Å². The van der Waals surface area contributed by atoms with E-state index in [1.165, 1.54) is 24.0 Å². The Morgan fingerprint density at radius 1 is 1.24 bits per heavy atom. The van der Waals surface area contributed by atoms with Gasteiger partial charge in [-0.15, -0.1) is 24.0 Å². The lowest BCUT2D eigenvalue weighted by Crippen LogP contribution is -2.33. The summed E-state index contributed by atoms with van der Waals surface area (Å²) in [5.41, 5.74) is 9.82. The minimum absolute atomic E-state index is 0. The molecule has 6 heteroatoms. The van der Waals surface area contributed by atoms with Crippen LogP contribution in [0.2, 0.25) is 0 Å². The monoisotopic (exact) mass is 460 g/mol. The third-order valence-electron chi connectivity index (χ3n) is 4.57. The van der Waals surface area contributed by atoms with E-state index in [1.807, 2.05) is 0 Å². The molecule has 0 spiro atoms. The summed E-state index contributed by atoms with van der Waals surface area (Å²) in [5, 5.41) is 3.33. The van der Waals surface area contributed by atoms with Crippen LogP contribution in [0.1, 0.15) is 37.8 Å². The molecule has 25 heavy (non-hydrogen) atoms. The van der Waals surface area contributed by atoms with Gasteiger partial charge in [0.1, 0.15) is 0 Å². The number of para-hydroxylation sites is 1. The number of nitrogens with zero attached hydrogens (tertiary/aromatic N) is 2. The van der Waals surface area contributed by atoms with Gasteiger partial charge in [0.25, 0.3) is 0 Å². The topological polar surface area (TPSA) is 62.9 Å². The number of methoxy groups -OCH3 is 1. The fraction of sp³-hybridized carbons (Fsp3) is 0.632. The molecule has 3 N–H and O–H groups in total. The summed E-state index contributed by atoms with van der Waals surface area (Å²) < 4.78 is 5.19. The summed E-state index contributed by atoms with van der Waals surface area (Å²) in [4.78, 5) is 6.99. The fourth-order valence-corrected chi connectivity index (χ4v) is 2.99. The van der Waals surface area contributed by atoms with Crippen molar-refractivity contribution < 1.29 is 4.74 Å². The molecule has 0 heterocycles. The molecule has 0 aliphatic heterocycles. The number of hydrogen-bond acceptors (Lipinski definition) is 3. The Kier molecular flexibility index (Phi) is 10.4. The van der Waals surface area contributed by atoms with Gasteiger partial charge in [-0.05, 0) is 36.8 Å². The molecule has 0 bridgehead atoms. The minimum atomic E-state index is 0. The molecule has 0 aromatic heterocycles. The van der Waals surface area contributed by atoms with Crippen LogP contribution in [0.4, 0.5) is 5.69 Å². The fourth-order valence-electron chi connectivity index (χ4n) is 2.99. The summed E-state index contributed by atoms with van der Waals surface area (Å²) in [7, 11) is 1.75. The van der Waals surface area contributed by atoms with Gasteiger partial charge < -0.3 is 15.8 Å². The average molecular weight is 460 g/mol. The van der Waals surface area contributed by atoms with Crippen LogP contribution in [0.5, 0.6) is 0 Å². The highest BCUT2D eigenvalue weighted by Crippen LogP contribution is 2.26. The second kappa shape index (κ2) is 11.7.